The van der Waals surface area contributed by atoms with Gasteiger partial charge in [0.05, 0.1) is 12.2 Å². The van der Waals surface area contributed by atoms with Crippen molar-refractivity contribution >= 4 is 5.91 Å². The normalized spacial score (nSPS) is 10.7. The highest BCUT2D eigenvalue weighted by Crippen LogP contribution is 2.15. The van der Waals surface area contributed by atoms with Gasteiger partial charge in [0.2, 0.25) is 0 Å². The average Bonchev–Trinajstić information content (AvgIpc) is 2.94. The number of pyridine rings is 1. The van der Waals surface area contributed by atoms with E-state index in [0.29, 0.717) is 18.8 Å². The van der Waals surface area contributed by atoms with E-state index in [4.69, 9.17) is 0 Å². The van der Waals surface area contributed by atoms with Crippen LogP contribution in [0.5, 0.6) is 0 Å². The van der Waals surface area contributed by atoms with Gasteiger partial charge in [-0.25, -0.2) is 0 Å². The number of hydrogen-bond acceptors (Lipinski definition) is 2. The molecular weight excluding hydrogens is 310 g/mol. The smallest absolute Gasteiger partial charge is 0.271 e. The highest BCUT2D eigenvalue weighted by Gasteiger charge is 2.20. The number of amides is 1. The number of rotatable bonds is 5. The van der Waals surface area contributed by atoms with Gasteiger partial charge < -0.3 is 9.47 Å². The predicted molar refractivity (Wildman–Crippen MR) is 99.1 cm³/mol. The van der Waals surface area contributed by atoms with Crippen LogP contribution in [0.15, 0.2) is 60.7 Å². The van der Waals surface area contributed by atoms with Gasteiger partial charge in [-0.1, -0.05) is 36.4 Å². The Balaban J connectivity index is 1.90. The molecule has 0 fully saturated rings. The molecular formula is C21H23N3O. The lowest BCUT2D eigenvalue weighted by molar-refractivity contribution is 0.0717. The maximum atomic E-state index is 13.1. The number of benzene rings is 1. The molecule has 1 amide bonds. The molecule has 0 aliphatic carbocycles. The van der Waals surface area contributed by atoms with Gasteiger partial charge in [0.1, 0.15) is 5.69 Å². The Morgan fingerprint density at radius 3 is 2.36 bits per heavy atom. The summed E-state index contributed by atoms with van der Waals surface area (Å²) in [4.78, 5) is 19.6. The molecule has 128 valence electrons. The summed E-state index contributed by atoms with van der Waals surface area (Å²) in [6, 6.07) is 19.8. The molecule has 0 aliphatic heterocycles. The van der Waals surface area contributed by atoms with Crippen LogP contribution in [0, 0.1) is 13.8 Å². The zero-order valence-corrected chi connectivity index (χ0v) is 14.9. The van der Waals surface area contributed by atoms with Gasteiger partial charge in [-0.3, -0.25) is 9.78 Å². The first-order valence-corrected chi connectivity index (χ1v) is 8.42. The van der Waals surface area contributed by atoms with Crippen molar-refractivity contribution in [2.75, 3.05) is 0 Å². The van der Waals surface area contributed by atoms with Crippen molar-refractivity contribution < 1.29 is 4.79 Å². The van der Waals surface area contributed by atoms with Crippen molar-refractivity contribution in [3.8, 4) is 0 Å². The first kappa shape index (κ1) is 17.0. The average molecular weight is 333 g/mol. The van der Waals surface area contributed by atoms with Crippen LogP contribution in [0.3, 0.4) is 0 Å². The van der Waals surface area contributed by atoms with Gasteiger partial charge in [-0.05, 0) is 43.7 Å². The molecule has 4 nitrogen and oxygen atoms in total. The van der Waals surface area contributed by atoms with Crippen LogP contribution in [0.1, 0.15) is 33.1 Å². The zero-order valence-electron chi connectivity index (χ0n) is 14.9. The Morgan fingerprint density at radius 1 is 0.960 bits per heavy atom. The number of carbonyl (C=O) groups is 1. The van der Waals surface area contributed by atoms with E-state index in [2.05, 4.69) is 4.98 Å². The molecule has 25 heavy (non-hydrogen) atoms. The summed E-state index contributed by atoms with van der Waals surface area (Å²) in [5.41, 5.74) is 4.72. The maximum Gasteiger partial charge on any atom is 0.271 e. The Bertz CT molecular complexity index is 868. The van der Waals surface area contributed by atoms with E-state index in [9.17, 15) is 4.79 Å². The van der Waals surface area contributed by atoms with E-state index < -0.39 is 0 Å². The number of aryl methyl sites for hydroxylation is 2. The van der Waals surface area contributed by atoms with Crippen LogP contribution in [0.25, 0.3) is 0 Å². The Labute approximate surface area is 148 Å². The van der Waals surface area contributed by atoms with Gasteiger partial charge in [0.15, 0.2) is 0 Å². The molecule has 0 N–H and O–H groups in total. The van der Waals surface area contributed by atoms with Gasteiger partial charge in [0.25, 0.3) is 5.91 Å². The first-order chi connectivity index (χ1) is 12.0. The van der Waals surface area contributed by atoms with Crippen molar-refractivity contribution in [1.29, 1.82) is 0 Å². The van der Waals surface area contributed by atoms with E-state index >= 15 is 0 Å². The quantitative estimate of drug-likeness (QED) is 0.711. The second kappa shape index (κ2) is 7.34. The highest BCUT2D eigenvalue weighted by molar-refractivity contribution is 5.92. The van der Waals surface area contributed by atoms with Gasteiger partial charge in [-0.2, -0.15) is 0 Å². The number of nitrogens with zero attached hydrogens (tertiary/aromatic N) is 3. The third kappa shape index (κ3) is 3.97. The van der Waals surface area contributed by atoms with E-state index in [1.54, 1.807) is 0 Å². The topological polar surface area (TPSA) is 38.1 Å². The summed E-state index contributed by atoms with van der Waals surface area (Å²) in [5.74, 6) is 0.0164. The lowest BCUT2D eigenvalue weighted by Gasteiger charge is -2.23. The standard InChI is InChI=1S/C21H23N3O/c1-16-8-7-11-19(22-16)15-24(14-18-9-5-4-6-10-18)21(25)20-13-12-17(2)23(20)3/h4-13H,14-15H2,1-3H3. The molecule has 0 radical (unpaired) electrons. The molecule has 0 bridgehead atoms. The number of carbonyl (C=O) groups excluding carboxylic acids is 1. The number of aromatic nitrogens is 2. The second-order valence-corrected chi connectivity index (χ2v) is 6.34. The lowest BCUT2D eigenvalue weighted by Crippen LogP contribution is -2.32. The van der Waals surface area contributed by atoms with Crippen LogP contribution in [0.2, 0.25) is 0 Å². The third-order valence-electron chi connectivity index (χ3n) is 4.39. The van der Waals surface area contributed by atoms with Crippen molar-refractivity contribution in [3.63, 3.8) is 0 Å². The Hall–Kier alpha value is -2.88. The molecule has 2 aromatic heterocycles. The predicted octanol–water partition coefficient (Wildman–Crippen LogP) is 3.88. The Morgan fingerprint density at radius 2 is 1.72 bits per heavy atom. The monoisotopic (exact) mass is 333 g/mol. The fourth-order valence-corrected chi connectivity index (χ4v) is 2.88. The maximum absolute atomic E-state index is 13.1. The molecule has 0 atom stereocenters. The van der Waals surface area contributed by atoms with Gasteiger partial charge in [-0.15, -0.1) is 0 Å². The van der Waals surface area contributed by atoms with Gasteiger partial charge in [0, 0.05) is 25.0 Å². The summed E-state index contributed by atoms with van der Waals surface area (Å²) in [6.45, 7) is 5.01. The van der Waals surface area contributed by atoms with Crippen LogP contribution in [0.4, 0.5) is 0 Å². The van der Waals surface area contributed by atoms with Crippen LogP contribution < -0.4 is 0 Å². The van der Waals surface area contributed by atoms with E-state index in [0.717, 1.165) is 22.6 Å². The molecule has 0 aliphatic rings. The van der Waals surface area contributed by atoms with Crippen LogP contribution >= 0.6 is 0 Å². The summed E-state index contributed by atoms with van der Waals surface area (Å²) in [6.07, 6.45) is 0. The minimum absolute atomic E-state index is 0.0164. The van der Waals surface area contributed by atoms with Crippen LogP contribution in [-0.4, -0.2) is 20.4 Å². The molecule has 1 aromatic carbocycles. The fraction of sp³-hybridized carbons (Fsp3) is 0.238. The minimum Gasteiger partial charge on any atom is -0.344 e. The molecule has 0 spiro atoms. The third-order valence-corrected chi connectivity index (χ3v) is 4.39. The van der Waals surface area contributed by atoms with E-state index in [-0.39, 0.29) is 5.91 Å². The summed E-state index contributed by atoms with van der Waals surface area (Å²) < 4.78 is 1.93. The molecule has 2 heterocycles. The Kier molecular flexibility index (Phi) is 4.98. The SMILES string of the molecule is Cc1cccc(CN(Cc2ccccc2)C(=O)c2ccc(C)n2C)n1. The molecule has 0 unspecified atom stereocenters. The summed E-state index contributed by atoms with van der Waals surface area (Å²) >= 11 is 0. The van der Waals surface area contributed by atoms with E-state index in [1.165, 1.54) is 0 Å². The van der Waals surface area contributed by atoms with Gasteiger partial charge >= 0.3 is 0 Å². The molecule has 3 aromatic rings. The first-order valence-electron chi connectivity index (χ1n) is 8.42. The van der Waals surface area contributed by atoms with Crippen molar-refractivity contribution in [2.45, 2.75) is 26.9 Å². The number of hydrogen-bond donors (Lipinski definition) is 0. The minimum atomic E-state index is 0.0164. The molecule has 0 saturated heterocycles. The zero-order chi connectivity index (χ0) is 17.8. The van der Waals surface area contributed by atoms with Crippen molar-refractivity contribution in [1.82, 2.24) is 14.5 Å². The molecule has 3 rings (SSSR count). The fourth-order valence-electron chi connectivity index (χ4n) is 2.88. The lowest BCUT2D eigenvalue weighted by atomic mass is 10.2. The summed E-state index contributed by atoms with van der Waals surface area (Å²) in [7, 11) is 1.92. The molecule has 0 saturated carbocycles. The second-order valence-electron chi connectivity index (χ2n) is 6.34. The van der Waals surface area contributed by atoms with Crippen LogP contribution in [-0.2, 0) is 20.1 Å². The van der Waals surface area contributed by atoms with Crippen molar-refractivity contribution in [3.05, 3.63) is 89.0 Å². The summed E-state index contributed by atoms with van der Waals surface area (Å²) in [5, 5.41) is 0. The van der Waals surface area contributed by atoms with E-state index in [1.807, 2.05) is 91.0 Å². The van der Waals surface area contributed by atoms with Crippen molar-refractivity contribution in [2.24, 2.45) is 7.05 Å². The molecule has 4 heteroatoms. The largest absolute Gasteiger partial charge is 0.344 e. The highest BCUT2D eigenvalue weighted by atomic mass is 16.2.